The first-order valence-electron chi connectivity index (χ1n) is 22.6. The molecule has 0 bridgehead atoms. The molecule has 0 unspecified atom stereocenters. The van der Waals surface area contributed by atoms with Gasteiger partial charge in [-0.1, -0.05) is 127 Å². The number of rotatable bonds is 9. The van der Waals surface area contributed by atoms with Gasteiger partial charge in [0, 0.05) is 55.8 Å². The molecule has 0 saturated heterocycles. The quantitative estimate of drug-likeness (QED) is 0.143. The van der Waals surface area contributed by atoms with Crippen molar-refractivity contribution in [3.63, 3.8) is 0 Å². The predicted molar refractivity (Wildman–Crippen MR) is 277 cm³/mol. The third-order valence-corrected chi connectivity index (χ3v) is 12.7. The third kappa shape index (κ3) is 7.71. The Morgan fingerprint density at radius 1 is 0.406 bits per heavy atom. The minimum atomic E-state index is 0.396. The van der Waals surface area contributed by atoms with E-state index in [2.05, 4.69) is 156 Å². The number of benzene rings is 9. The molecule has 0 aliphatic heterocycles. The number of nitrogens with zero attached hydrogens (tertiary/aromatic N) is 7. The zero-order valence-corrected chi connectivity index (χ0v) is 37.4. The molecule has 0 atom stereocenters. The number of aromatic nitrogens is 3. The van der Waals surface area contributed by atoms with Crippen LogP contribution in [0.2, 0.25) is 0 Å². The van der Waals surface area contributed by atoms with Crippen molar-refractivity contribution in [2.75, 3.05) is 4.90 Å². The first-order valence-corrected chi connectivity index (χ1v) is 22.6. The van der Waals surface area contributed by atoms with Crippen LogP contribution < -0.4 is 4.90 Å². The van der Waals surface area contributed by atoms with Gasteiger partial charge in [0.1, 0.15) is 0 Å². The van der Waals surface area contributed by atoms with Gasteiger partial charge in [-0.2, -0.15) is 15.8 Å². The van der Waals surface area contributed by atoms with E-state index in [4.69, 9.17) is 9.97 Å². The maximum Gasteiger partial charge on any atom is 0.161 e. The van der Waals surface area contributed by atoms with E-state index in [1.165, 1.54) is 5.39 Å². The summed E-state index contributed by atoms with van der Waals surface area (Å²) in [7, 11) is 0. The fourth-order valence-corrected chi connectivity index (χ4v) is 9.45. The van der Waals surface area contributed by atoms with Crippen LogP contribution in [0.3, 0.4) is 0 Å². The van der Waals surface area contributed by atoms with Crippen molar-refractivity contribution in [2.24, 2.45) is 0 Å². The molecule has 9 aromatic carbocycles. The molecule has 7 heteroatoms. The van der Waals surface area contributed by atoms with Crippen LogP contribution in [-0.4, -0.2) is 14.5 Å². The lowest BCUT2D eigenvalue weighted by Gasteiger charge is -2.25. The van der Waals surface area contributed by atoms with Crippen LogP contribution in [0.5, 0.6) is 0 Å². The van der Waals surface area contributed by atoms with E-state index in [-0.39, 0.29) is 0 Å². The maximum absolute atomic E-state index is 10.6. The molecule has 0 amide bonds. The summed E-state index contributed by atoms with van der Waals surface area (Å²) in [5.41, 5.74) is 16.1. The van der Waals surface area contributed by atoms with E-state index in [1.807, 2.05) is 84.9 Å². The Bertz CT molecular complexity index is 3760. The van der Waals surface area contributed by atoms with Crippen LogP contribution >= 0.6 is 0 Å². The van der Waals surface area contributed by atoms with Crippen molar-refractivity contribution in [3.8, 4) is 80.1 Å². The largest absolute Gasteiger partial charge is 0.310 e. The van der Waals surface area contributed by atoms with Crippen molar-refractivity contribution >= 4 is 38.9 Å². The summed E-state index contributed by atoms with van der Waals surface area (Å²) in [4.78, 5) is 12.1. The van der Waals surface area contributed by atoms with E-state index in [9.17, 15) is 15.8 Å². The Hall–Kier alpha value is -9.87. The summed E-state index contributed by atoms with van der Waals surface area (Å²) in [6.07, 6.45) is 0. The fraction of sp³-hybridized carbons (Fsp3) is 0.0161. The highest BCUT2D eigenvalue weighted by molar-refractivity contribution is 6.10. The topological polar surface area (TPSA) is 105 Å². The van der Waals surface area contributed by atoms with Crippen LogP contribution in [0, 0.1) is 40.9 Å². The zero-order chi connectivity index (χ0) is 46.8. The van der Waals surface area contributed by atoms with Gasteiger partial charge in [0.05, 0.1) is 57.3 Å². The van der Waals surface area contributed by atoms with E-state index in [0.717, 1.165) is 72.5 Å². The van der Waals surface area contributed by atoms with E-state index in [0.29, 0.717) is 45.0 Å². The second kappa shape index (κ2) is 17.8. The van der Waals surface area contributed by atoms with Crippen molar-refractivity contribution < 1.29 is 0 Å². The summed E-state index contributed by atoms with van der Waals surface area (Å²) >= 11 is 0. The van der Waals surface area contributed by atoms with Gasteiger partial charge in [0.2, 0.25) is 0 Å². The second-order valence-electron chi connectivity index (χ2n) is 16.8. The SMILES string of the molecule is Cc1cc(-c2ccc(-c3cc(-c4ccccc4C#N)nc(-c4ccccc4C#N)n3)cc2)cc(C#N)c1-c1ccc(-n2c3ccccc3c3cc(N(c4ccccc4)c4ccccc4)ccc32)cc1. The van der Waals surface area contributed by atoms with Gasteiger partial charge in [-0.25, -0.2) is 9.97 Å². The van der Waals surface area contributed by atoms with Crippen molar-refractivity contribution in [2.45, 2.75) is 6.92 Å². The summed E-state index contributed by atoms with van der Waals surface area (Å²) < 4.78 is 2.32. The number of fused-ring (bicyclic) bond motifs is 3. The predicted octanol–water partition coefficient (Wildman–Crippen LogP) is 15.3. The molecule has 0 N–H and O–H groups in total. The van der Waals surface area contributed by atoms with Gasteiger partial charge >= 0.3 is 0 Å². The molecule has 0 fully saturated rings. The fourth-order valence-electron chi connectivity index (χ4n) is 9.45. The molecule has 0 saturated carbocycles. The smallest absolute Gasteiger partial charge is 0.161 e. The van der Waals surface area contributed by atoms with Crippen LogP contribution in [0.25, 0.3) is 83.6 Å². The highest BCUT2D eigenvalue weighted by atomic mass is 15.1. The highest BCUT2D eigenvalue weighted by Gasteiger charge is 2.19. The summed E-state index contributed by atoms with van der Waals surface area (Å²) in [5, 5.41) is 32.8. The van der Waals surface area contributed by atoms with Crippen LogP contribution in [0.15, 0.2) is 218 Å². The molecule has 11 aromatic rings. The first kappa shape index (κ1) is 41.8. The normalized spacial score (nSPS) is 10.9. The Balaban J connectivity index is 0.923. The van der Waals surface area contributed by atoms with Gasteiger partial charge in [0.15, 0.2) is 5.82 Å². The molecule has 11 rings (SSSR count). The van der Waals surface area contributed by atoms with Crippen LogP contribution in [0.4, 0.5) is 17.1 Å². The molecule has 69 heavy (non-hydrogen) atoms. The van der Waals surface area contributed by atoms with Crippen molar-refractivity contribution in [3.05, 3.63) is 241 Å². The standard InChI is InChI=1S/C62H39N7/c1-41-34-47(42-24-26-43(27-25-42)57-37-58(53-20-10-8-14-45(53)38-63)67-62(66-57)54-21-11-9-15-46(54)39-64)35-48(40-65)61(41)44-28-30-51(31-29-44)69-59-23-13-12-22-55(59)56-36-52(32-33-60(56)69)68(49-16-4-2-5-17-49)50-18-6-3-7-19-50/h2-37H,1H3. The summed E-state index contributed by atoms with van der Waals surface area (Å²) in [6, 6.07) is 80.4. The van der Waals surface area contributed by atoms with E-state index < -0.39 is 0 Å². The van der Waals surface area contributed by atoms with Gasteiger partial charge in [-0.15, -0.1) is 0 Å². The minimum absolute atomic E-state index is 0.396. The lowest BCUT2D eigenvalue weighted by molar-refractivity contribution is 1.18. The van der Waals surface area contributed by atoms with Crippen molar-refractivity contribution in [1.82, 2.24) is 14.5 Å². The van der Waals surface area contributed by atoms with E-state index >= 15 is 0 Å². The molecule has 2 aromatic heterocycles. The Morgan fingerprint density at radius 2 is 0.957 bits per heavy atom. The number of hydrogen-bond acceptors (Lipinski definition) is 6. The lowest BCUT2D eigenvalue weighted by atomic mass is 9.91. The Morgan fingerprint density at radius 3 is 1.64 bits per heavy atom. The molecular formula is C62H39N7. The molecule has 0 spiro atoms. The van der Waals surface area contributed by atoms with Gasteiger partial charge in [0.25, 0.3) is 0 Å². The minimum Gasteiger partial charge on any atom is -0.310 e. The third-order valence-electron chi connectivity index (χ3n) is 12.7. The second-order valence-corrected chi connectivity index (χ2v) is 16.8. The lowest BCUT2D eigenvalue weighted by Crippen LogP contribution is -2.09. The molecule has 0 aliphatic rings. The number of para-hydroxylation sites is 3. The monoisotopic (exact) mass is 881 g/mol. The molecular weight excluding hydrogens is 843 g/mol. The molecule has 7 nitrogen and oxygen atoms in total. The maximum atomic E-state index is 10.6. The average Bonchev–Trinajstić information content (AvgIpc) is 3.75. The Labute approximate surface area is 400 Å². The Kier molecular flexibility index (Phi) is 10.8. The summed E-state index contributed by atoms with van der Waals surface area (Å²) in [5.74, 6) is 0.396. The number of nitriles is 3. The van der Waals surface area contributed by atoms with Gasteiger partial charge < -0.3 is 9.47 Å². The molecule has 2 heterocycles. The van der Waals surface area contributed by atoms with Crippen molar-refractivity contribution in [1.29, 1.82) is 15.8 Å². The summed E-state index contributed by atoms with van der Waals surface area (Å²) in [6.45, 7) is 2.06. The van der Waals surface area contributed by atoms with Gasteiger partial charge in [-0.05, 0) is 120 Å². The van der Waals surface area contributed by atoms with Crippen LogP contribution in [-0.2, 0) is 0 Å². The van der Waals surface area contributed by atoms with Gasteiger partial charge in [-0.3, -0.25) is 0 Å². The molecule has 322 valence electrons. The van der Waals surface area contributed by atoms with E-state index in [1.54, 1.807) is 12.1 Å². The highest BCUT2D eigenvalue weighted by Crippen LogP contribution is 2.41. The zero-order valence-electron chi connectivity index (χ0n) is 37.4. The van der Waals surface area contributed by atoms with Crippen LogP contribution in [0.1, 0.15) is 22.3 Å². The average molecular weight is 882 g/mol. The first-order chi connectivity index (χ1) is 34.0. The number of anilines is 3. The molecule has 0 aliphatic carbocycles. The number of hydrogen-bond donors (Lipinski definition) is 0. The molecule has 0 radical (unpaired) electrons. The number of aryl methyl sites for hydroxylation is 1.